The molecule has 2 unspecified atom stereocenters. The molecule has 0 aromatic heterocycles. The summed E-state index contributed by atoms with van der Waals surface area (Å²) in [5, 5.41) is 5.56. The number of terminal acetylenes is 1. The zero-order valence-corrected chi connectivity index (χ0v) is 21.8. The number of unbranched alkanes of at least 4 members (excludes halogenated alkanes) is 1. The first-order valence-electron chi connectivity index (χ1n) is 12.2. The number of alkyl carbamates (subject to hydrolysis) is 1. The molecular formula is C29H37N3O4. The van der Waals surface area contributed by atoms with Crippen LogP contribution in [0, 0.1) is 19.4 Å². The Morgan fingerprint density at radius 1 is 1.08 bits per heavy atom. The Balaban J connectivity index is 2.44. The molecule has 7 nitrogen and oxygen atoms in total. The van der Waals surface area contributed by atoms with Crippen LogP contribution >= 0.6 is 0 Å². The minimum atomic E-state index is -1.06. The largest absolute Gasteiger partial charge is 0.444 e. The van der Waals surface area contributed by atoms with Crippen molar-refractivity contribution in [2.75, 3.05) is 6.54 Å². The third kappa shape index (κ3) is 8.77. The van der Waals surface area contributed by atoms with Crippen molar-refractivity contribution in [1.29, 1.82) is 0 Å². The molecule has 7 heteroatoms. The Morgan fingerprint density at radius 2 is 1.78 bits per heavy atom. The van der Waals surface area contributed by atoms with E-state index in [1.807, 2.05) is 62.4 Å². The maximum absolute atomic E-state index is 13.8. The van der Waals surface area contributed by atoms with Gasteiger partial charge >= 0.3 is 6.09 Å². The van der Waals surface area contributed by atoms with E-state index in [4.69, 9.17) is 11.2 Å². The lowest BCUT2D eigenvalue weighted by Gasteiger charge is -2.30. The van der Waals surface area contributed by atoms with Gasteiger partial charge in [-0.25, -0.2) is 4.79 Å². The number of nitrogens with one attached hydrogen (secondary N) is 2. The first-order valence-corrected chi connectivity index (χ1v) is 12.2. The van der Waals surface area contributed by atoms with Crippen LogP contribution in [0.1, 0.15) is 63.3 Å². The average molecular weight is 492 g/mol. The molecule has 2 aromatic carbocycles. The summed E-state index contributed by atoms with van der Waals surface area (Å²) in [5.74, 6) is -0.958. The molecule has 0 heterocycles. The maximum atomic E-state index is 13.8. The monoisotopic (exact) mass is 491 g/mol. The standard InChI is InChI=1S/C29H37N3O4/c1-7-9-18-30-26(33)25(23-17-13-14-21(3)19-23)32(8-2)27(34)24(20-22-15-11-10-12-16-22)31-28(35)36-29(4,5)6/h2,10-17,19,24-25H,7,9,18,20H2,1,3-6H3,(H,30,33)(H,31,35). The van der Waals surface area contributed by atoms with E-state index in [9.17, 15) is 14.4 Å². The van der Waals surface area contributed by atoms with E-state index in [0.29, 0.717) is 12.1 Å². The zero-order chi connectivity index (χ0) is 26.7. The molecule has 36 heavy (non-hydrogen) atoms. The molecule has 0 spiro atoms. The van der Waals surface area contributed by atoms with Crippen LogP contribution < -0.4 is 10.6 Å². The number of hydrogen-bond donors (Lipinski definition) is 2. The van der Waals surface area contributed by atoms with Gasteiger partial charge in [0.05, 0.1) is 0 Å². The number of aryl methyl sites for hydroxylation is 1. The van der Waals surface area contributed by atoms with Gasteiger partial charge in [0.15, 0.2) is 0 Å². The molecule has 0 saturated carbocycles. The van der Waals surface area contributed by atoms with Crippen LogP contribution in [0.4, 0.5) is 4.79 Å². The Labute approximate surface area is 214 Å². The van der Waals surface area contributed by atoms with Crippen LogP contribution in [-0.2, 0) is 20.7 Å². The molecule has 2 rings (SSSR count). The molecule has 0 saturated heterocycles. The molecule has 0 bridgehead atoms. The SMILES string of the molecule is C#CN(C(=O)C(Cc1ccccc1)NC(=O)OC(C)(C)C)C(C(=O)NCCCC)c1cccc(C)c1. The van der Waals surface area contributed by atoms with E-state index >= 15 is 0 Å². The summed E-state index contributed by atoms with van der Waals surface area (Å²) in [6.07, 6.45) is 6.98. The van der Waals surface area contributed by atoms with Gasteiger partial charge in [-0.2, -0.15) is 0 Å². The zero-order valence-electron chi connectivity index (χ0n) is 21.8. The molecule has 3 amide bonds. The molecule has 192 valence electrons. The number of hydrogen-bond acceptors (Lipinski definition) is 4. The first kappa shape index (κ1) is 28.4. The third-order valence-electron chi connectivity index (χ3n) is 5.34. The van der Waals surface area contributed by atoms with Gasteiger partial charge < -0.3 is 15.4 Å². The summed E-state index contributed by atoms with van der Waals surface area (Å²) in [5.41, 5.74) is 1.59. The maximum Gasteiger partial charge on any atom is 0.408 e. The van der Waals surface area contributed by atoms with E-state index in [1.54, 1.807) is 26.8 Å². The number of benzene rings is 2. The van der Waals surface area contributed by atoms with Gasteiger partial charge in [0.2, 0.25) is 5.91 Å². The van der Waals surface area contributed by atoms with Crippen molar-refractivity contribution in [2.24, 2.45) is 0 Å². The molecule has 2 aromatic rings. The molecule has 0 fully saturated rings. The van der Waals surface area contributed by atoms with Crippen molar-refractivity contribution in [2.45, 2.75) is 71.6 Å². The smallest absolute Gasteiger partial charge is 0.408 e. The Morgan fingerprint density at radius 3 is 2.36 bits per heavy atom. The van der Waals surface area contributed by atoms with Crippen molar-refractivity contribution in [1.82, 2.24) is 15.5 Å². The lowest BCUT2D eigenvalue weighted by molar-refractivity contribution is -0.138. The van der Waals surface area contributed by atoms with Crippen LogP contribution in [-0.4, -0.2) is 41.0 Å². The van der Waals surface area contributed by atoms with E-state index in [-0.39, 0.29) is 12.3 Å². The average Bonchev–Trinajstić information content (AvgIpc) is 2.81. The topological polar surface area (TPSA) is 87.7 Å². The summed E-state index contributed by atoms with van der Waals surface area (Å²) >= 11 is 0. The summed E-state index contributed by atoms with van der Waals surface area (Å²) in [7, 11) is 0. The molecular weight excluding hydrogens is 454 g/mol. The molecule has 2 N–H and O–H groups in total. The fraction of sp³-hybridized carbons (Fsp3) is 0.414. The van der Waals surface area contributed by atoms with Gasteiger partial charge in [-0.15, -0.1) is 0 Å². The van der Waals surface area contributed by atoms with Crippen molar-refractivity contribution < 1.29 is 19.1 Å². The summed E-state index contributed by atoms with van der Waals surface area (Å²) in [6, 6.07) is 16.9. The highest BCUT2D eigenvalue weighted by Gasteiger charge is 2.36. The highest BCUT2D eigenvalue weighted by molar-refractivity contribution is 5.93. The summed E-state index contributed by atoms with van der Waals surface area (Å²) < 4.78 is 5.39. The number of amides is 3. The third-order valence-corrected chi connectivity index (χ3v) is 5.34. The van der Waals surface area contributed by atoms with Gasteiger partial charge in [-0.05, 0) is 45.2 Å². The summed E-state index contributed by atoms with van der Waals surface area (Å²) in [4.78, 5) is 40.9. The normalized spacial score (nSPS) is 12.6. The lowest BCUT2D eigenvalue weighted by Crippen LogP contribution is -2.52. The van der Waals surface area contributed by atoms with Crippen LogP contribution in [0.5, 0.6) is 0 Å². The highest BCUT2D eigenvalue weighted by Crippen LogP contribution is 2.24. The predicted octanol–water partition coefficient (Wildman–Crippen LogP) is 4.51. The Hall–Kier alpha value is -3.79. The Bertz CT molecular complexity index is 1070. The van der Waals surface area contributed by atoms with Crippen molar-refractivity contribution in [3.05, 3.63) is 71.3 Å². The van der Waals surface area contributed by atoms with Crippen LogP contribution in [0.25, 0.3) is 0 Å². The fourth-order valence-corrected chi connectivity index (χ4v) is 3.68. The van der Waals surface area contributed by atoms with Crippen molar-refractivity contribution in [3.63, 3.8) is 0 Å². The van der Waals surface area contributed by atoms with E-state index in [0.717, 1.165) is 28.9 Å². The molecule has 0 aliphatic carbocycles. The number of carbonyl (C=O) groups excluding carboxylic acids is 3. The highest BCUT2D eigenvalue weighted by atomic mass is 16.6. The van der Waals surface area contributed by atoms with E-state index in [2.05, 4.69) is 16.7 Å². The lowest BCUT2D eigenvalue weighted by atomic mass is 9.99. The summed E-state index contributed by atoms with van der Waals surface area (Å²) in [6.45, 7) is 9.61. The second kappa shape index (κ2) is 13.3. The minimum Gasteiger partial charge on any atom is -0.444 e. The molecule has 0 aliphatic rings. The van der Waals surface area contributed by atoms with Gasteiger partial charge in [0.1, 0.15) is 17.7 Å². The van der Waals surface area contributed by atoms with Gasteiger partial charge in [-0.3, -0.25) is 14.5 Å². The van der Waals surface area contributed by atoms with Crippen LogP contribution in [0.15, 0.2) is 54.6 Å². The number of carbonyl (C=O) groups is 3. The molecule has 0 radical (unpaired) electrons. The van der Waals surface area contributed by atoms with Crippen molar-refractivity contribution >= 4 is 17.9 Å². The van der Waals surface area contributed by atoms with Gasteiger partial charge in [-0.1, -0.05) is 79.9 Å². The van der Waals surface area contributed by atoms with Crippen LogP contribution in [0.3, 0.4) is 0 Å². The fourth-order valence-electron chi connectivity index (χ4n) is 3.68. The number of nitrogens with zero attached hydrogens (tertiary/aromatic N) is 1. The predicted molar refractivity (Wildman–Crippen MR) is 141 cm³/mol. The van der Waals surface area contributed by atoms with Crippen molar-refractivity contribution in [3.8, 4) is 12.5 Å². The molecule has 2 atom stereocenters. The van der Waals surface area contributed by atoms with E-state index in [1.165, 1.54) is 0 Å². The Kier molecular flexibility index (Phi) is 10.5. The van der Waals surface area contributed by atoms with Crippen LogP contribution in [0.2, 0.25) is 0 Å². The second-order valence-electron chi connectivity index (χ2n) is 9.69. The number of rotatable bonds is 10. The second-order valence-corrected chi connectivity index (χ2v) is 9.69. The number of ether oxygens (including phenoxy) is 1. The molecule has 0 aliphatic heterocycles. The quantitative estimate of drug-likeness (QED) is 0.291. The van der Waals surface area contributed by atoms with Gasteiger partial charge in [0.25, 0.3) is 5.91 Å². The first-order chi connectivity index (χ1) is 17.1. The van der Waals surface area contributed by atoms with E-state index < -0.39 is 29.7 Å². The van der Waals surface area contributed by atoms with Gasteiger partial charge in [0, 0.05) is 19.0 Å². The minimum absolute atomic E-state index is 0.176.